The highest BCUT2D eigenvalue weighted by Gasteiger charge is 2.23. The van der Waals surface area contributed by atoms with Gasteiger partial charge in [0, 0.05) is 18.2 Å². The van der Waals surface area contributed by atoms with E-state index in [0.29, 0.717) is 16.8 Å². The summed E-state index contributed by atoms with van der Waals surface area (Å²) in [5.41, 5.74) is 2.36. The van der Waals surface area contributed by atoms with Crippen LogP contribution in [0.4, 0.5) is 0 Å². The number of para-hydroxylation sites is 2. The van der Waals surface area contributed by atoms with Crippen molar-refractivity contribution in [2.45, 2.75) is 12.5 Å². The first-order chi connectivity index (χ1) is 13.6. The summed E-state index contributed by atoms with van der Waals surface area (Å²) >= 11 is 0. The molecule has 0 fully saturated rings. The summed E-state index contributed by atoms with van der Waals surface area (Å²) in [5, 5.41) is 13.9. The Hall–Kier alpha value is -3.80. The highest BCUT2D eigenvalue weighted by Crippen LogP contribution is 2.18. The van der Waals surface area contributed by atoms with E-state index in [0.717, 1.165) is 16.3 Å². The van der Waals surface area contributed by atoms with Crippen LogP contribution in [0, 0.1) is 0 Å². The molecule has 2 N–H and O–H groups in total. The van der Waals surface area contributed by atoms with Gasteiger partial charge in [0.25, 0.3) is 5.91 Å². The predicted octanol–water partition coefficient (Wildman–Crippen LogP) is 3.21. The molecule has 0 saturated carbocycles. The first kappa shape index (κ1) is 17.6. The summed E-state index contributed by atoms with van der Waals surface area (Å²) < 4.78 is 0. The van der Waals surface area contributed by atoms with Gasteiger partial charge in [0.2, 0.25) is 0 Å². The third kappa shape index (κ3) is 3.53. The number of aromatic nitrogens is 2. The van der Waals surface area contributed by atoms with Gasteiger partial charge in [-0.2, -0.15) is 0 Å². The van der Waals surface area contributed by atoms with Gasteiger partial charge < -0.3 is 10.4 Å². The molecule has 0 unspecified atom stereocenters. The van der Waals surface area contributed by atoms with E-state index in [1.54, 1.807) is 18.3 Å². The van der Waals surface area contributed by atoms with Crippen molar-refractivity contribution in [1.29, 1.82) is 0 Å². The monoisotopic (exact) mass is 371 g/mol. The van der Waals surface area contributed by atoms with Crippen molar-refractivity contribution >= 4 is 33.7 Å². The molecule has 0 aliphatic heterocycles. The van der Waals surface area contributed by atoms with E-state index >= 15 is 0 Å². The van der Waals surface area contributed by atoms with Gasteiger partial charge in [-0.1, -0.05) is 48.5 Å². The quantitative estimate of drug-likeness (QED) is 0.562. The van der Waals surface area contributed by atoms with Crippen LogP contribution in [0.5, 0.6) is 0 Å². The van der Waals surface area contributed by atoms with Crippen molar-refractivity contribution in [3.63, 3.8) is 0 Å². The number of rotatable bonds is 5. The first-order valence-corrected chi connectivity index (χ1v) is 8.84. The number of aliphatic carboxylic acids is 1. The molecule has 0 radical (unpaired) electrons. The second kappa shape index (κ2) is 7.44. The Morgan fingerprint density at radius 3 is 2.46 bits per heavy atom. The average molecular weight is 371 g/mol. The molecule has 3 aromatic carbocycles. The number of amides is 1. The Morgan fingerprint density at radius 1 is 0.929 bits per heavy atom. The molecule has 0 bridgehead atoms. The lowest BCUT2D eigenvalue weighted by Crippen LogP contribution is -2.42. The van der Waals surface area contributed by atoms with Crippen molar-refractivity contribution < 1.29 is 14.7 Å². The fraction of sp³-hybridized carbons (Fsp3) is 0.0909. The Kier molecular flexibility index (Phi) is 4.68. The van der Waals surface area contributed by atoms with E-state index in [2.05, 4.69) is 15.3 Å². The van der Waals surface area contributed by atoms with Gasteiger partial charge in [-0.15, -0.1) is 0 Å². The van der Waals surface area contributed by atoms with Gasteiger partial charge in [0.05, 0.1) is 16.7 Å². The number of benzene rings is 3. The minimum Gasteiger partial charge on any atom is -0.480 e. The van der Waals surface area contributed by atoms with Gasteiger partial charge in [-0.25, -0.2) is 9.78 Å². The zero-order valence-corrected chi connectivity index (χ0v) is 14.9. The van der Waals surface area contributed by atoms with Crippen molar-refractivity contribution in [3.8, 4) is 0 Å². The lowest BCUT2D eigenvalue weighted by molar-refractivity contribution is -0.139. The van der Waals surface area contributed by atoms with Crippen molar-refractivity contribution in [2.75, 3.05) is 0 Å². The third-order valence-electron chi connectivity index (χ3n) is 4.55. The zero-order chi connectivity index (χ0) is 19.5. The molecule has 138 valence electrons. The summed E-state index contributed by atoms with van der Waals surface area (Å²) in [6.07, 6.45) is 1.59. The summed E-state index contributed by atoms with van der Waals surface area (Å²) in [6.45, 7) is 0. The molecule has 0 spiro atoms. The molecule has 1 aromatic heterocycles. The predicted molar refractivity (Wildman–Crippen MR) is 106 cm³/mol. The molecule has 1 amide bonds. The fourth-order valence-corrected chi connectivity index (χ4v) is 3.16. The topological polar surface area (TPSA) is 92.2 Å². The van der Waals surface area contributed by atoms with Crippen molar-refractivity contribution in [1.82, 2.24) is 15.3 Å². The second-order valence-electron chi connectivity index (χ2n) is 6.45. The standard InChI is InChI=1S/C22H17N3O3/c26-21(17-9-5-7-14-6-1-2-8-16(14)17)25-20(22(27)28)12-15-13-23-18-10-3-4-11-19(18)24-15/h1-11,13,20H,12H2,(H,25,26)(H,27,28)/t20-/m1/s1. The summed E-state index contributed by atoms with van der Waals surface area (Å²) in [7, 11) is 0. The molecule has 4 aromatic rings. The average Bonchev–Trinajstić information content (AvgIpc) is 2.72. The van der Waals surface area contributed by atoms with Crippen LogP contribution in [0.3, 0.4) is 0 Å². The van der Waals surface area contributed by atoms with Crippen LogP contribution in [0.1, 0.15) is 16.1 Å². The van der Waals surface area contributed by atoms with E-state index in [1.807, 2.05) is 54.6 Å². The van der Waals surface area contributed by atoms with Gasteiger partial charge in [-0.3, -0.25) is 9.78 Å². The van der Waals surface area contributed by atoms with E-state index in [1.165, 1.54) is 0 Å². The van der Waals surface area contributed by atoms with E-state index in [4.69, 9.17) is 0 Å². The van der Waals surface area contributed by atoms with Gasteiger partial charge in [-0.05, 0) is 29.0 Å². The number of carbonyl (C=O) groups excluding carboxylic acids is 1. The number of hydrogen-bond acceptors (Lipinski definition) is 4. The molecule has 1 heterocycles. The van der Waals surface area contributed by atoms with Gasteiger partial charge >= 0.3 is 5.97 Å². The molecular formula is C22H17N3O3. The number of nitrogens with one attached hydrogen (secondary N) is 1. The van der Waals surface area contributed by atoms with Crippen LogP contribution >= 0.6 is 0 Å². The largest absolute Gasteiger partial charge is 0.480 e. The SMILES string of the molecule is O=C(N[C@H](Cc1cnc2ccccc2n1)C(=O)O)c1cccc2ccccc12. The van der Waals surface area contributed by atoms with Gasteiger partial charge in [0.1, 0.15) is 6.04 Å². The molecule has 1 atom stereocenters. The lowest BCUT2D eigenvalue weighted by atomic mass is 10.0. The molecule has 0 aliphatic carbocycles. The second-order valence-corrected chi connectivity index (χ2v) is 6.45. The first-order valence-electron chi connectivity index (χ1n) is 8.84. The minimum absolute atomic E-state index is 0.0453. The van der Waals surface area contributed by atoms with Crippen LogP contribution < -0.4 is 5.32 Å². The smallest absolute Gasteiger partial charge is 0.326 e. The number of carboxylic acids is 1. The summed E-state index contributed by atoms with van der Waals surface area (Å²) in [6, 6.07) is 19.1. The van der Waals surface area contributed by atoms with Crippen LogP contribution in [0.15, 0.2) is 72.9 Å². The number of hydrogen-bond donors (Lipinski definition) is 2. The van der Waals surface area contributed by atoms with Crippen LogP contribution in [-0.4, -0.2) is 33.0 Å². The van der Waals surface area contributed by atoms with E-state index < -0.39 is 17.9 Å². The normalized spacial score (nSPS) is 12.0. The summed E-state index contributed by atoms with van der Waals surface area (Å²) in [5.74, 6) is -1.55. The zero-order valence-electron chi connectivity index (χ0n) is 14.9. The lowest BCUT2D eigenvalue weighted by Gasteiger charge is -2.15. The molecule has 6 heteroatoms. The van der Waals surface area contributed by atoms with Crippen molar-refractivity contribution in [2.24, 2.45) is 0 Å². The molecule has 0 saturated heterocycles. The van der Waals surface area contributed by atoms with Crippen molar-refractivity contribution in [3.05, 3.63) is 84.2 Å². The number of fused-ring (bicyclic) bond motifs is 2. The Bertz CT molecular complexity index is 1180. The maximum absolute atomic E-state index is 12.8. The Labute approximate surface area is 160 Å². The Balaban J connectivity index is 1.59. The molecule has 28 heavy (non-hydrogen) atoms. The molecule has 0 aliphatic rings. The van der Waals surface area contributed by atoms with Crippen LogP contribution in [0.2, 0.25) is 0 Å². The molecule has 6 nitrogen and oxygen atoms in total. The van der Waals surface area contributed by atoms with E-state index in [-0.39, 0.29) is 6.42 Å². The number of carboxylic acid groups (broad SMARTS) is 1. The molecule has 4 rings (SSSR count). The maximum Gasteiger partial charge on any atom is 0.326 e. The van der Waals surface area contributed by atoms with Crippen LogP contribution in [0.25, 0.3) is 21.8 Å². The number of carbonyl (C=O) groups is 2. The van der Waals surface area contributed by atoms with Crippen LogP contribution in [-0.2, 0) is 11.2 Å². The Morgan fingerprint density at radius 2 is 1.64 bits per heavy atom. The van der Waals surface area contributed by atoms with Gasteiger partial charge in [0.15, 0.2) is 0 Å². The third-order valence-corrected chi connectivity index (χ3v) is 4.55. The highest BCUT2D eigenvalue weighted by atomic mass is 16.4. The highest BCUT2D eigenvalue weighted by molar-refractivity contribution is 6.07. The van der Waals surface area contributed by atoms with E-state index in [9.17, 15) is 14.7 Å². The number of nitrogens with zero attached hydrogens (tertiary/aromatic N) is 2. The minimum atomic E-state index is -1.12. The summed E-state index contributed by atoms with van der Waals surface area (Å²) in [4.78, 5) is 33.3. The fourth-order valence-electron chi connectivity index (χ4n) is 3.16. The molecular weight excluding hydrogens is 354 g/mol. The maximum atomic E-state index is 12.8.